The zero-order valence-electron chi connectivity index (χ0n) is 56.7. The first-order chi connectivity index (χ1) is 49.1. The van der Waals surface area contributed by atoms with Gasteiger partial charge < -0.3 is 0 Å². The van der Waals surface area contributed by atoms with Gasteiger partial charge in [-0.2, -0.15) is 9.69 Å². The number of carbonyl (C=O) groups is 2. The van der Waals surface area contributed by atoms with Crippen molar-refractivity contribution in [2.24, 2.45) is 0 Å². The number of unbranched alkanes of at least 4 members (excludes halogenated alkanes) is 12. The number of carbonyl (C=O) groups excluding carboxylic acids is 2. The van der Waals surface area contributed by atoms with E-state index in [2.05, 4.69) is 121 Å². The molecule has 8 heterocycles. The summed E-state index contributed by atoms with van der Waals surface area (Å²) in [6.45, 7) is 33.5. The molecule has 0 unspecified atom stereocenters. The number of benzene rings is 3. The topological polar surface area (TPSA) is 71.0 Å². The molecule has 6 nitrogen and oxygen atoms in total. The Bertz CT molecular complexity index is 4930. The molecule has 0 atom stereocenters. The highest BCUT2D eigenvalue weighted by Gasteiger charge is 2.56. The molecule has 0 radical (unpaired) electrons. The molecule has 3 aromatic carbocycles. The van der Waals surface area contributed by atoms with Gasteiger partial charge in [-0.15, -0.1) is 90.7 Å². The van der Waals surface area contributed by atoms with E-state index in [4.69, 9.17) is 19.7 Å². The normalized spacial score (nSPS) is 15.7. The lowest BCUT2D eigenvalue weighted by Crippen LogP contribution is -2.27. The zero-order valence-corrected chi connectivity index (χ0v) is 63.2. The quantitative estimate of drug-likeness (QED) is 0.0235. The summed E-state index contributed by atoms with van der Waals surface area (Å²) in [5, 5.41) is 10.4. The van der Waals surface area contributed by atoms with Gasteiger partial charge in [0.1, 0.15) is 13.1 Å². The van der Waals surface area contributed by atoms with Crippen molar-refractivity contribution in [3.8, 4) is 27.0 Å². The molecule has 0 amide bonds. The summed E-state index contributed by atoms with van der Waals surface area (Å²) in [6.07, 6.45) is 26.9. The fraction of sp³-hybridized carbons (Fsp3) is 0.302. The molecule has 15 rings (SSSR count). The first-order valence-electron chi connectivity index (χ1n) is 35.5. The first-order valence-corrected chi connectivity index (χ1v) is 42.0. The van der Waals surface area contributed by atoms with E-state index in [1.165, 1.54) is 169 Å². The van der Waals surface area contributed by atoms with Crippen molar-refractivity contribution in [2.45, 2.75) is 167 Å². The highest BCUT2D eigenvalue weighted by atomic mass is 32.1. The van der Waals surface area contributed by atoms with Gasteiger partial charge in [-0.3, -0.25) is 9.59 Å². The van der Waals surface area contributed by atoms with Gasteiger partial charge in [-0.1, -0.05) is 153 Å². The summed E-state index contributed by atoms with van der Waals surface area (Å²) < 4.78 is 4.70. The Labute approximate surface area is 619 Å². The van der Waals surface area contributed by atoms with Gasteiger partial charge in [0.15, 0.2) is 11.6 Å². The van der Waals surface area contributed by atoms with Gasteiger partial charge in [0.25, 0.3) is 5.70 Å². The maximum Gasteiger partial charge on any atom is 0.528 e. The second kappa shape index (κ2) is 28.8. The Morgan fingerprint density at radius 2 is 0.780 bits per heavy atom. The minimum absolute atomic E-state index is 0.0799. The maximum atomic E-state index is 14.6. The highest BCUT2D eigenvalue weighted by Crippen LogP contribution is 2.70. The highest BCUT2D eigenvalue weighted by molar-refractivity contribution is 7.31. The third-order valence-electron chi connectivity index (χ3n) is 20.6. The number of aryl methyl sites for hydroxylation is 4. The van der Waals surface area contributed by atoms with Crippen molar-refractivity contribution in [3.63, 3.8) is 0 Å². The molecule has 4 aliphatic carbocycles. The van der Waals surface area contributed by atoms with Crippen LogP contribution in [0, 0.1) is 31.0 Å². The average molecular weight is 1450 g/mol. The summed E-state index contributed by atoms with van der Waals surface area (Å²) in [4.78, 5) is 55.6. The number of Topliss-reactive ketones (excluding diaryl/α,β-unsaturated/α-hetero) is 2. The molecule has 100 heavy (non-hydrogen) atoms. The van der Waals surface area contributed by atoms with Crippen molar-refractivity contribution in [1.82, 2.24) is 0 Å². The number of fused-ring (bicyclic) bond motifs is 12. The van der Waals surface area contributed by atoms with E-state index in [0.717, 1.165) is 70.5 Å². The van der Waals surface area contributed by atoms with Crippen molar-refractivity contribution >= 4 is 144 Å². The van der Waals surface area contributed by atoms with E-state index in [0.29, 0.717) is 44.5 Å². The molecule has 0 saturated carbocycles. The second-order valence-corrected chi connectivity index (χ2v) is 35.7. The molecule has 11 aromatic rings. The molecule has 0 bridgehead atoms. The van der Waals surface area contributed by atoms with Crippen LogP contribution in [0.5, 0.6) is 0 Å². The third kappa shape index (κ3) is 11.4. The Kier molecular flexibility index (Phi) is 19.6. The predicted octanol–water partition coefficient (Wildman–Crippen LogP) is 26.9. The number of ketones is 2. The Morgan fingerprint density at radius 1 is 0.420 bits per heavy atom. The predicted molar refractivity (Wildman–Crippen MR) is 427 cm³/mol. The summed E-state index contributed by atoms with van der Waals surface area (Å²) in [7, 11) is 0. The van der Waals surface area contributed by atoms with Crippen LogP contribution in [0.3, 0.4) is 0 Å². The molecule has 0 spiro atoms. The van der Waals surface area contributed by atoms with Crippen LogP contribution in [0.2, 0.25) is 0 Å². The summed E-state index contributed by atoms with van der Waals surface area (Å²) >= 11 is 15.1. The summed E-state index contributed by atoms with van der Waals surface area (Å²) in [6, 6.07) is 46.3. The number of allylic oxidation sites excluding steroid dienone is 5. The number of hydrogen-bond donors (Lipinski definition) is 0. The van der Waals surface area contributed by atoms with Gasteiger partial charge in [-0.05, 0) is 170 Å². The van der Waals surface area contributed by atoms with Crippen LogP contribution in [0.25, 0.3) is 77.5 Å². The van der Waals surface area contributed by atoms with Crippen molar-refractivity contribution in [2.75, 3.05) is 0 Å². The monoisotopic (exact) mass is 1450 g/mol. The summed E-state index contributed by atoms with van der Waals surface area (Å²) in [5.74, 6) is -0.427. The minimum atomic E-state index is -0.719. The van der Waals surface area contributed by atoms with Crippen LogP contribution in [-0.4, -0.2) is 11.6 Å². The van der Waals surface area contributed by atoms with Gasteiger partial charge in [-0.25, -0.2) is 10.1 Å². The van der Waals surface area contributed by atoms with Gasteiger partial charge in [0.2, 0.25) is 0 Å². The molecule has 0 N–H and O–H groups in total. The third-order valence-corrected chi connectivity index (χ3v) is 30.4. The molecule has 8 aromatic heterocycles. The lowest BCUT2D eigenvalue weighted by Gasteiger charge is -2.32. The first kappa shape index (κ1) is 67.8. The lowest BCUT2D eigenvalue weighted by atomic mass is 9.73. The van der Waals surface area contributed by atoms with Crippen molar-refractivity contribution in [3.05, 3.63) is 272 Å². The molecular formula is C86H74N4O2S8. The van der Waals surface area contributed by atoms with Gasteiger partial charge >= 0.3 is 5.82 Å². The van der Waals surface area contributed by atoms with E-state index in [1.54, 1.807) is 22.7 Å². The summed E-state index contributed by atoms with van der Waals surface area (Å²) in [5.41, 5.74) is 10.1. The molecule has 498 valence electrons. The number of nitrogens with zero attached hydrogens (tertiary/aromatic N) is 4. The second-order valence-electron chi connectivity index (χ2n) is 26.8. The number of thiophene rings is 8. The molecule has 0 fully saturated rings. The van der Waals surface area contributed by atoms with Crippen LogP contribution in [0.1, 0.15) is 233 Å². The van der Waals surface area contributed by atoms with Gasteiger partial charge in [0.05, 0.1) is 38.4 Å². The average Bonchev–Trinajstić information content (AvgIpc) is 1.49. The Hall–Kier alpha value is -7.96. The largest absolute Gasteiger partial charge is 0.528 e. The van der Waals surface area contributed by atoms with E-state index >= 15 is 0 Å². The van der Waals surface area contributed by atoms with E-state index in [9.17, 15) is 14.9 Å². The fourth-order valence-corrected chi connectivity index (χ4v) is 26.5. The van der Waals surface area contributed by atoms with Crippen LogP contribution < -0.4 is 0 Å². The molecule has 4 aliphatic rings. The van der Waals surface area contributed by atoms with Gasteiger partial charge in [0, 0.05) is 107 Å². The molecule has 14 heteroatoms. The molecule has 0 aliphatic heterocycles. The van der Waals surface area contributed by atoms with Crippen LogP contribution in [-0.2, 0) is 36.5 Å². The SMILES string of the molecule is [C-]#[N+]C([N+]#[C-])=C1/C(=C\c2cc3sc4c(c3s2)C(c2ccc(CCCCCC)s2)(c2ccc(CCCCCC)s2)c2cc3c(cc2-4)C(c2ccc(CCCCCC)s2)(c2ccc(CCCCCC)s2)c2c-3sc3cc(/C=C4\C(=O)c5ccccc5\C4=C(\C#N)[N+]#[C-])sc23)C(=O)c2ccccc21. The maximum absolute atomic E-state index is 14.6. The Morgan fingerprint density at radius 3 is 1.13 bits per heavy atom. The lowest BCUT2D eigenvalue weighted by molar-refractivity contribution is 0.103. The van der Waals surface area contributed by atoms with E-state index < -0.39 is 10.8 Å². The van der Waals surface area contributed by atoms with E-state index in [1.807, 2.05) is 129 Å². The van der Waals surface area contributed by atoms with Crippen LogP contribution in [0.15, 0.2) is 144 Å². The standard InChI is InChI=1S/C86H74N4O2S8/c1-8-12-16-20-28-51-36-40-70(93-51)85(71-41-37-52(94-71)29-21-17-13-9-2)65-49-62-66(48-61(65)80-76(85)82-68(99-80)46-55(97-82)44-63-74(67(50-87)88-5)57-32-24-26-34-59(57)78(63)91)86(72-42-38-53(95-72)30-22-18-14-10-3,73-43-39-54(96-73)31-23-19-15-11-4)77-81(62)100-69-47-56(98-83(69)77)45-64-75(84(89-6)90-7)58-33-25-27-35-60(58)79(64)92/h24-27,32-49H,8-23,28-31H2,1-4H3/b63-44-,64-45+,74-67+. The fourth-order valence-electron chi connectivity index (χ4n) is 15.8. The number of nitriles is 1. The van der Waals surface area contributed by atoms with Crippen LogP contribution in [0.4, 0.5) is 0 Å². The minimum Gasteiger partial charge on any atom is -0.289 e. The van der Waals surface area contributed by atoms with Crippen molar-refractivity contribution < 1.29 is 9.59 Å². The van der Waals surface area contributed by atoms with Crippen LogP contribution >= 0.6 is 90.7 Å². The number of hydrogen-bond acceptors (Lipinski definition) is 11. The molecular weight excluding hydrogens is 1380 g/mol. The Balaban J connectivity index is 1.01. The smallest absolute Gasteiger partial charge is 0.289 e. The number of rotatable bonds is 26. The molecule has 0 saturated heterocycles. The van der Waals surface area contributed by atoms with Crippen molar-refractivity contribution in [1.29, 1.82) is 5.26 Å². The zero-order chi connectivity index (χ0) is 68.8. The van der Waals surface area contributed by atoms with E-state index in [-0.39, 0.29) is 23.1 Å².